The van der Waals surface area contributed by atoms with Crippen LogP contribution in [0.4, 0.5) is 0 Å². The number of aromatic nitrogens is 1. The first-order valence-electron chi connectivity index (χ1n) is 9.86. The molecule has 1 aromatic heterocycles. The van der Waals surface area contributed by atoms with E-state index in [1.807, 2.05) is 56.3 Å². The van der Waals surface area contributed by atoms with Crippen LogP contribution in [0, 0.1) is 25.2 Å². The van der Waals surface area contributed by atoms with Crippen LogP contribution < -0.4 is 5.32 Å². The van der Waals surface area contributed by atoms with Crippen LogP contribution in [0.5, 0.6) is 0 Å². The van der Waals surface area contributed by atoms with Crippen molar-refractivity contribution in [1.82, 2.24) is 9.88 Å². The number of carbonyl (C=O) groups is 2. The normalized spacial score (nSPS) is 11.1. The Bertz CT molecular complexity index is 943. The summed E-state index contributed by atoms with van der Waals surface area (Å²) in [6.45, 7) is 6.96. The van der Waals surface area contributed by atoms with Gasteiger partial charge >= 0.3 is 5.97 Å². The number of nitriles is 1. The molecule has 0 saturated carbocycles. The first-order valence-corrected chi connectivity index (χ1v) is 10.8. The molecule has 1 aromatic carbocycles. The molecule has 2 rings (SSSR count). The van der Waals surface area contributed by atoms with Gasteiger partial charge in [0.15, 0.2) is 6.61 Å². The topological polar surface area (TPSA) is 84.1 Å². The average molecular weight is 426 g/mol. The van der Waals surface area contributed by atoms with Crippen LogP contribution in [0.1, 0.15) is 30.3 Å². The van der Waals surface area contributed by atoms with Gasteiger partial charge in [-0.2, -0.15) is 5.26 Å². The molecule has 0 aliphatic rings. The maximum atomic E-state index is 12.2. The van der Waals surface area contributed by atoms with Crippen molar-refractivity contribution in [3.8, 4) is 6.07 Å². The zero-order valence-electron chi connectivity index (χ0n) is 17.6. The van der Waals surface area contributed by atoms with Crippen LogP contribution >= 0.6 is 11.8 Å². The molecule has 0 unspecified atom stereocenters. The van der Waals surface area contributed by atoms with Crippen LogP contribution in [-0.2, 0) is 20.9 Å². The van der Waals surface area contributed by atoms with Crippen LogP contribution in [-0.4, -0.2) is 35.3 Å². The second-order valence-corrected chi connectivity index (χ2v) is 7.90. The third-order valence-corrected chi connectivity index (χ3v) is 5.48. The number of nitrogens with one attached hydrogen (secondary N) is 1. The van der Waals surface area contributed by atoms with Gasteiger partial charge in [-0.15, -0.1) is 11.8 Å². The van der Waals surface area contributed by atoms with Crippen molar-refractivity contribution in [3.63, 3.8) is 0 Å². The van der Waals surface area contributed by atoms with Crippen molar-refractivity contribution >= 4 is 29.7 Å². The average Bonchev–Trinajstić information content (AvgIpc) is 3.01. The number of esters is 1. The van der Waals surface area contributed by atoms with Crippen LogP contribution in [0.3, 0.4) is 0 Å². The van der Waals surface area contributed by atoms with Gasteiger partial charge in [-0.25, -0.2) is 4.79 Å². The van der Waals surface area contributed by atoms with E-state index in [0.29, 0.717) is 12.3 Å². The number of hydrogen-bond donors (Lipinski definition) is 1. The zero-order valence-corrected chi connectivity index (χ0v) is 18.4. The lowest BCUT2D eigenvalue weighted by molar-refractivity contribution is -0.144. The van der Waals surface area contributed by atoms with Crippen molar-refractivity contribution in [2.75, 3.05) is 18.9 Å². The van der Waals surface area contributed by atoms with Gasteiger partial charge in [0.25, 0.3) is 5.91 Å². The number of amides is 1. The summed E-state index contributed by atoms with van der Waals surface area (Å²) >= 11 is 1.63. The highest BCUT2D eigenvalue weighted by Crippen LogP contribution is 2.19. The van der Waals surface area contributed by atoms with Crippen LogP contribution in [0.2, 0.25) is 0 Å². The first-order chi connectivity index (χ1) is 14.5. The van der Waals surface area contributed by atoms with Crippen molar-refractivity contribution in [2.45, 2.75) is 38.6 Å². The molecule has 0 aliphatic carbocycles. The van der Waals surface area contributed by atoms with E-state index >= 15 is 0 Å². The van der Waals surface area contributed by atoms with Gasteiger partial charge in [0.05, 0.1) is 0 Å². The third-order valence-electron chi connectivity index (χ3n) is 4.47. The first kappa shape index (κ1) is 23.3. The molecule has 1 amide bonds. The summed E-state index contributed by atoms with van der Waals surface area (Å²) in [5.74, 6) is -0.484. The Morgan fingerprint density at radius 2 is 2.00 bits per heavy atom. The fourth-order valence-corrected chi connectivity index (χ4v) is 3.76. The van der Waals surface area contributed by atoms with Crippen molar-refractivity contribution < 1.29 is 14.3 Å². The fourth-order valence-electron chi connectivity index (χ4n) is 2.97. The summed E-state index contributed by atoms with van der Waals surface area (Å²) in [5, 5.41) is 12.1. The zero-order chi connectivity index (χ0) is 21.9. The molecule has 1 N–H and O–H groups in total. The van der Waals surface area contributed by atoms with Gasteiger partial charge in [0.1, 0.15) is 11.6 Å². The molecule has 0 atom stereocenters. The molecule has 30 heavy (non-hydrogen) atoms. The molecule has 0 bridgehead atoms. The Kier molecular flexibility index (Phi) is 9.23. The Balaban J connectivity index is 1.83. The highest BCUT2D eigenvalue weighted by Gasteiger charge is 2.15. The van der Waals surface area contributed by atoms with Crippen LogP contribution in [0.15, 0.2) is 46.9 Å². The van der Waals surface area contributed by atoms with E-state index in [2.05, 4.69) is 16.8 Å². The van der Waals surface area contributed by atoms with Gasteiger partial charge in [-0.1, -0.05) is 25.1 Å². The lowest BCUT2D eigenvalue weighted by Gasteiger charge is -2.07. The molecule has 158 valence electrons. The molecule has 2 aromatic rings. The molecule has 0 saturated heterocycles. The summed E-state index contributed by atoms with van der Waals surface area (Å²) in [6.07, 6.45) is 2.51. The summed E-state index contributed by atoms with van der Waals surface area (Å²) in [7, 11) is 0. The minimum atomic E-state index is -0.799. The Hall–Kier alpha value is -2.98. The summed E-state index contributed by atoms with van der Waals surface area (Å²) in [5.41, 5.74) is 2.73. The maximum Gasteiger partial charge on any atom is 0.349 e. The second-order valence-electron chi connectivity index (χ2n) is 6.74. The maximum absolute atomic E-state index is 12.2. The lowest BCUT2D eigenvalue weighted by atomic mass is 10.1. The van der Waals surface area contributed by atoms with E-state index in [4.69, 9.17) is 4.74 Å². The minimum Gasteiger partial charge on any atom is -0.451 e. The molecule has 0 aliphatic heterocycles. The van der Waals surface area contributed by atoms with Gasteiger partial charge in [0, 0.05) is 35.1 Å². The largest absolute Gasteiger partial charge is 0.451 e. The van der Waals surface area contributed by atoms with Gasteiger partial charge in [-0.05, 0) is 50.1 Å². The van der Waals surface area contributed by atoms with Crippen molar-refractivity contribution in [2.24, 2.45) is 0 Å². The lowest BCUT2D eigenvalue weighted by Crippen LogP contribution is -2.30. The van der Waals surface area contributed by atoms with E-state index in [1.54, 1.807) is 11.8 Å². The standard InChI is InChI=1S/C23H27N3O3S/c1-4-11-26-17(2)13-19(18(26)3)14-20(15-24)23(28)29-16-22(27)25-10-12-30-21-8-6-5-7-9-21/h5-9,13-14H,4,10-12,16H2,1-3H3,(H,25,27)/b20-14+. The van der Waals surface area contributed by atoms with Crippen LogP contribution in [0.25, 0.3) is 6.08 Å². The number of nitrogens with zero attached hydrogens (tertiary/aromatic N) is 2. The van der Waals surface area contributed by atoms with Gasteiger partial charge < -0.3 is 14.6 Å². The Morgan fingerprint density at radius 3 is 2.67 bits per heavy atom. The van der Waals surface area contributed by atoms with Crippen molar-refractivity contribution in [3.05, 3.63) is 58.9 Å². The number of carbonyl (C=O) groups excluding carboxylic acids is 2. The number of aryl methyl sites for hydroxylation is 1. The minimum absolute atomic E-state index is 0.126. The highest BCUT2D eigenvalue weighted by atomic mass is 32.2. The van der Waals surface area contributed by atoms with E-state index in [-0.39, 0.29) is 5.57 Å². The van der Waals surface area contributed by atoms with Gasteiger partial charge in [-0.3, -0.25) is 4.79 Å². The van der Waals surface area contributed by atoms with Gasteiger partial charge in [0.2, 0.25) is 0 Å². The Labute approximate surface area is 181 Å². The molecule has 1 heterocycles. The van der Waals surface area contributed by atoms with Crippen molar-refractivity contribution in [1.29, 1.82) is 5.26 Å². The molecule has 0 spiro atoms. The summed E-state index contributed by atoms with van der Waals surface area (Å²) in [4.78, 5) is 25.2. The molecule has 0 radical (unpaired) electrons. The smallest absolute Gasteiger partial charge is 0.349 e. The number of ether oxygens (including phenoxy) is 1. The number of rotatable bonds is 10. The van der Waals surface area contributed by atoms with E-state index < -0.39 is 18.5 Å². The predicted octanol–water partition coefficient (Wildman–Crippen LogP) is 3.87. The Morgan fingerprint density at radius 1 is 1.27 bits per heavy atom. The van der Waals surface area contributed by atoms with E-state index in [0.717, 1.165) is 34.8 Å². The SMILES string of the molecule is CCCn1c(C)cc(/C=C(\C#N)C(=O)OCC(=O)NCCSc2ccccc2)c1C. The predicted molar refractivity (Wildman–Crippen MR) is 119 cm³/mol. The molecule has 6 nitrogen and oxygen atoms in total. The van der Waals surface area contributed by atoms with E-state index in [1.165, 1.54) is 6.08 Å². The van der Waals surface area contributed by atoms with E-state index in [9.17, 15) is 14.9 Å². The molecule has 0 fully saturated rings. The summed E-state index contributed by atoms with van der Waals surface area (Å²) < 4.78 is 7.16. The molecule has 7 heteroatoms. The highest BCUT2D eigenvalue weighted by molar-refractivity contribution is 7.99. The second kappa shape index (κ2) is 11.9. The number of thioether (sulfide) groups is 1. The molecular formula is C23H27N3O3S. The number of hydrogen-bond acceptors (Lipinski definition) is 5. The monoisotopic (exact) mass is 425 g/mol. The number of benzene rings is 1. The quantitative estimate of drug-likeness (QED) is 0.205. The molecular weight excluding hydrogens is 398 g/mol. The fraction of sp³-hybridized carbons (Fsp3) is 0.348. The third kappa shape index (κ3) is 6.82. The summed E-state index contributed by atoms with van der Waals surface area (Å²) in [6, 6.07) is 13.7.